The third-order valence-electron chi connectivity index (χ3n) is 3.55. The van der Waals surface area contributed by atoms with Gasteiger partial charge in [0.05, 0.1) is 33.0 Å². The number of amides is 2. The van der Waals surface area contributed by atoms with Crippen molar-refractivity contribution in [2.75, 3.05) is 32.0 Å². The Morgan fingerprint density at radius 2 is 1.52 bits per heavy atom. The van der Waals surface area contributed by atoms with Crippen molar-refractivity contribution in [3.63, 3.8) is 0 Å². The van der Waals surface area contributed by atoms with Crippen LogP contribution in [0.15, 0.2) is 36.4 Å². The molecule has 0 saturated carbocycles. The van der Waals surface area contributed by atoms with E-state index in [4.69, 9.17) is 19.5 Å². The van der Waals surface area contributed by atoms with E-state index in [1.807, 2.05) is 6.07 Å². The summed E-state index contributed by atoms with van der Waals surface area (Å²) in [5.74, 6) is 0.135. The zero-order chi connectivity index (χ0) is 19.8. The van der Waals surface area contributed by atoms with Crippen LogP contribution in [0.3, 0.4) is 0 Å². The van der Waals surface area contributed by atoms with Gasteiger partial charge in [-0.15, -0.1) is 0 Å². The molecule has 0 aromatic heterocycles. The van der Waals surface area contributed by atoms with Crippen molar-refractivity contribution in [3.05, 3.63) is 42.0 Å². The van der Waals surface area contributed by atoms with Gasteiger partial charge in [-0.05, 0) is 18.2 Å². The number of nitriles is 1. The van der Waals surface area contributed by atoms with Crippen molar-refractivity contribution in [1.29, 1.82) is 5.26 Å². The fraction of sp³-hybridized carbons (Fsp3) is 0.211. The van der Waals surface area contributed by atoms with Gasteiger partial charge in [0.1, 0.15) is 6.42 Å². The fourth-order valence-electron chi connectivity index (χ4n) is 2.38. The van der Waals surface area contributed by atoms with Crippen LogP contribution in [0.5, 0.6) is 17.2 Å². The second-order valence-corrected chi connectivity index (χ2v) is 5.38. The number of methoxy groups -OCH3 is 3. The Balaban J connectivity index is 2.04. The van der Waals surface area contributed by atoms with Gasteiger partial charge in [-0.1, -0.05) is 6.07 Å². The Bertz CT molecular complexity index is 864. The van der Waals surface area contributed by atoms with Gasteiger partial charge in [-0.3, -0.25) is 9.59 Å². The average molecular weight is 369 g/mol. The van der Waals surface area contributed by atoms with Gasteiger partial charge in [0, 0.05) is 23.5 Å². The monoisotopic (exact) mass is 369 g/mol. The molecule has 0 bridgehead atoms. The van der Waals surface area contributed by atoms with Gasteiger partial charge in [0.15, 0.2) is 11.5 Å². The zero-order valence-corrected chi connectivity index (χ0v) is 15.2. The molecule has 0 radical (unpaired) electrons. The molecule has 2 rings (SSSR count). The molecule has 0 saturated heterocycles. The highest BCUT2D eigenvalue weighted by Crippen LogP contribution is 2.39. The lowest BCUT2D eigenvalue weighted by Gasteiger charge is -2.14. The Morgan fingerprint density at radius 3 is 2.04 bits per heavy atom. The van der Waals surface area contributed by atoms with E-state index in [0.717, 1.165) is 0 Å². The molecule has 2 amide bonds. The number of carbonyl (C=O) groups is 2. The predicted octanol–water partition coefficient (Wildman–Crippen LogP) is 2.55. The number of benzene rings is 2. The molecule has 0 aliphatic rings. The maximum atomic E-state index is 12.2. The van der Waals surface area contributed by atoms with Gasteiger partial charge in [0.25, 0.3) is 0 Å². The second kappa shape index (κ2) is 9.10. The van der Waals surface area contributed by atoms with Crippen molar-refractivity contribution in [3.8, 4) is 23.3 Å². The zero-order valence-electron chi connectivity index (χ0n) is 15.2. The quantitative estimate of drug-likeness (QED) is 0.726. The first-order valence-electron chi connectivity index (χ1n) is 7.90. The predicted molar refractivity (Wildman–Crippen MR) is 99.1 cm³/mol. The minimum atomic E-state index is -0.516. The Kier molecular flexibility index (Phi) is 6.61. The smallest absolute Gasteiger partial charge is 0.233 e. The summed E-state index contributed by atoms with van der Waals surface area (Å²) >= 11 is 0. The Hall–Kier alpha value is -3.73. The van der Waals surface area contributed by atoms with E-state index in [2.05, 4.69) is 10.6 Å². The molecule has 27 heavy (non-hydrogen) atoms. The van der Waals surface area contributed by atoms with Gasteiger partial charge >= 0.3 is 0 Å². The van der Waals surface area contributed by atoms with Gasteiger partial charge in [-0.25, -0.2) is 0 Å². The van der Waals surface area contributed by atoms with Crippen molar-refractivity contribution in [1.82, 2.24) is 0 Å². The number of nitrogens with one attached hydrogen (secondary N) is 2. The molecular formula is C19H19N3O5. The van der Waals surface area contributed by atoms with Crippen molar-refractivity contribution in [2.24, 2.45) is 0 Å². The fourth-order valence-corrected chi connectivity index (χ4v) is 2.38. The van der Waals surface area contributed by atoms with E-state index < -0.39 is 18.2 Å². The van der Waals surface area contributed by atoms with E-state index in [1.165, 1.54) is 27.4 Å². The molecule has 0 atom stereocenters. The summed E-state index contributed by atoms with van der Waals surface area (Å²) in [6.45, 7) is 0. The van der Waals surface area contributed by atoms with Crippen LogP contribution in [0.25, 0.3) is 0 Å². The van der Waals surface area contributed by atoms with E-state index in [-0.39, 0.29) is 0 Å². The van der Waals surface area contributed by atoms with Crippen LogP contribution in [0.4, 0.5) is 11.4 Å². The van der Waals surface area contributed by atoms with Crippen molar-refractivity contribution < 1.29 is 23.8 Å². The molecule has 0 heterocycles. The van der Waals surface area contributed by atoms with Crippen LogP contribution < -0.4 is 24.8 Å². The standard InChI is InChI=1S/C19H19N3O5/c1-25-15-8-14(9-16(26-2)19(15)27-3)22-18(24)10-17(23)21-13-6-4-5-12(7-13)11-20/h4-9H,10H2,1-3H3,(H,21,23)(H,22,24). The highest BCUT2D eigenvalue weighted by atomic mass is 16.5. The summed E-state index contributed by atoms with van der Waals surface area (Å²) in [4.78, 5) is 24.2. The first-order valence-corrected chi connectivity index (χ1v) is 7.90. The van der Waals surface area contributed by atoms with E-state index in [9.17, 15) is 9.59 Å². The maximum absolute atomic E-state index is 12.2. The van der Waals surface area contributed by atoms with Crippen LogP contribution in [-0.2, 0) is 9.59 Å². The van der Waals surface area contributed by atoms with Crippen LogP contribution in [0.1, 0.15) is 12.0 Å². The second-order valence-electron chi connectivity index (χ2n) is 5.38. The number of anilines is 2. The SMILES string of the molecule is COc1cc(NC(=O)CC(=O)Nc2cccc(C#N)c2)cc(OC)c1OC. The summed E-state index contributed by atoms with van der Waals surface area (Å²) in [6, 6.07) is 11.5. The molecule has 0 fully saturated rings. The number of hydrogen-bond donors (Lipinski definition) is 2. The summed E-state index contributed by atoms with van der Waals surface area (Å²) < 4.78 is 15.7. The third-order valence-corrected chi connectivity index (χ3v) is 3.55. The summed E-state index contributed by atoms with van der Waals surface area (Å²) in [6.07, 6.45) is -0.395. The van der Waals surface area contributed by atoms with Crippen LogP contribution >= 0.6 is 0 Å². The number of nitrogens with zero attached hydrogens (tertiary/aromatic N) is 1. The lowest BCUT2D eigenvalue weighted by molar-refractivity contribution is -0.123. The number of rotatable bonds is 7. The highest BCUT2D eigenvalue weighted by molar-refractivity contribution is 6.08. The topological polar surface area (TPSA) is 110 Å². The number of ether oxygens (including phenoxy) is 3. The number of hydrogen-bond acceptors (Lipinski definition) is 6. The number of carbonyl (C=O) groups excluding carboxylic acids is 2. The van der Waals surface area contributed by atoms with Crippen molar-refractivity contribution >= 4 is 23.2 Å². The molecule has 140 valence electrons. The van der Waals surface area contributed by atoms with E-state index in [0.29, 0.717) is 34.2 Å². The summed E-state index contributed by atoms with van der Waals surface area (Å²) in [7, 11) is 4.40. The first-order chi connectivity index (χ1) is 13.0. The minimum absolute atomic E-state index is 0.380. The molecule has 0 aliphatic heterocycles. The summed E-state index contributed by atoms with van der Waals surface area (Å²) in [5, 5.41) is 14.1. The Labute approximate surface area is 156 Å². The molecule has 8 heteroatoms. The Morgan fingerprint density at radius 1 is 0.926 bits per heavy atom. The van der Waals surface area contributed by atoms with E-state index >= 15 is 0 Å². The molecule has 0 unspecified atom stereocenters. The molecule has 2 N–H and O–H groups in total. The highest BCUT2D eigenvalue weighted by Gasteiger charge is 2.16. The molecule has 2 aromatic carbocycles. The van der Waals surface area contributed by atoms with Gasteiger partial charge in [0.2, 0.25) is 17.6 Å². The van der Waals surface area contributed by atoms with E-state index in [1.54, 1.807) is 30.3 Å². The molecule has 0 aliphatic carbocycles. The molecule has 8 nitrogen and oxygen atoms in total. The molecule has 0 spiro atoms. The molecule has 2 aromatic rings. The average Bonchev–Trinajstić information content (AvgIpc) is 2.66. The minimum Gasteiger partial charge on any atom is -0.493 e. The van der Waals surface area contributed by atoms with Crippen LogP contribution in [0, 0.1) is 11.3 Å². The van der Waals surface area contributed by atoms with Crippen LogP contribution in [-0.4, -0.2) is 33.1 Å². The van der Waals surface area contributed by atoms with Crippen molar-refractivity contribution in [2.45, 2.75) is 6.42 Å². The lowest BCUT2D eigenvalue weighted by atomic mass is 10.2. The first kappa shape index (κ1) is 19.6. The van der Waals surface area contributed by atoms with Gasteiger partial charge < -0.3 is 24.8 Å². The molecular weight excluding hydrogens is 350 g/mol. The summed E-state index contributed by atoms with van der Waals surface area (Å²) in [5.41, 5.74) is 1.25. The maximum Gasteiger partial charge on any atom is 0.233 e. The largest absolute Gasteiger partial charge is 0.493 e. The lowest BCUT2D eigenvalue weighted by Crippen LogP contribution is -2.21. The third kappa shape index (κ3) is 5.12. The van der Waals surface area contributed by atoms with Crippen LogP contribution in [0.2, 0.25) is 0 Å². The normalized spacial score (nSPS) is 9.70. The van der Waals surface area contributed by atoms with Gasteiger partial charge in [-0.2, -0.15) is 5.26 Å².